The molecule has 0 aliphatic carbocycles. The van der Waals surface area contributed by atoms with Crippen LogP contribution in [-0.4, -0.2) is 77.6 Å². The molecule has 18 heavy (non-hydrogen) atoms. The molecule has 1 heterocycles. The first-order valence-electron chi connectivity index (χ1n) is 5.65. The highest BCUT2D eigenvalue weighted by molar-refractivity contribution is 5.99. The Bertz CT molecular complexity index is 216. The van der Waals surface area contributed by atoms with Gasteiger partial charge in [-0.05, 0) is 0 Å². The van der Waals surface area contributed by atoms with E-state index >= 15 is 0 Å². The highest BCUT2D eigenvalue weighted by Crippen LogP contribution is 2.27. The van der Waals surface area contributed by atoms with E-state index < -0.39 is 12.4 Å². The topological polar surface area (TPSA) is 64.6 Å². The van der Waals surface area contributed by atoms with Gasteiger partial charge in [0.25, 0.3) is 32.2 Å². The summed E-state index contributed by atoms with van der Waals surface area (Å²) in [6, 6.07) is 0. The lowest BCUT2D eigenvalue weighted by Gasteiger charge is -2.45. The third-order valence-corrected chi connectivity index (χ3v) is 2.93. The molecule has 1 saturated heterocycles. The SMILES string of the molecule is BOCC1OC(OOB)C(OB)C(OB)C1OB. The summed E-state index contributed by atoms with van der Waals surface area (Å²) >= 11 is 0. The maximum absolute atomic E-state index is 5.70. The van der Waals surface area contributed by atoms with E-state index in [1.54, 1.807) is 32.2 Å². The molecule has 0 aromatic carbocycles. The summed E-state index contributed by atoms with van der Waals surface area (Å²) in [4.78, 5) is 9.71. The minimum absolute atomic E-state index is 0.309. The van der Waals surface area contributed by atoms with Crippen molar-refractivity contribution in [2.75, 3.05) is 6.61 Å². The summed E-state index contributed by atoms with van der Waals surface area (Å²) in [6.45, 7) is 0.359. The largest absolute Gasteiger partial charge is 0.441 e. The summed E-state index contributed by atoms with van der Waals surface area (Å²) in [6.07, 6.45) is -2.12. The summed E-state index contributed by atoms with van der Waals surface area (Å²) < 4.78 is 27.0. The van der Waals surface area contributed by atoms with E-state index in [2.05, 4.69) is 4.81 Å². The molecule has 0 saturated carbocycles. The summed E-state index contributed by atoms with van der Waals surface area (Å²) in [5, 5.41) is 0. The van der Waals surface area contributed by atoms with Gasteiger partial charge >= 0.3 is 8.05 Å². The average molecular weight is 255 g/mol. The number of hydrogen-bond acceptors (Lipinski definition) is 7. The molecule has 0 aromatic rings. The van der Waals surface area contributed by atoms with Gasteiger partial charge in [-0.15, -0.1) is 0 Å². The zero-order valence-electron chi connectivity index (χ0n) is 11.5. The predicted molar refractivity (Wildman–Crippen MR) is 74.1 cm³/mol. The van der Waals surface area contributed by atoms with E-state index in [0.717, 1.165) is 0 Å². The fourth-order valence-corrected chi connectivity index (χ4v) is 2.15. The molecule has 5 atom stereocenters. The molecule has 5 unspecified atom stereocenters. The molecule has 0 radical (unpaired) electrons. The molecule has 7 nitrogen and oxygen atoms in total. The quantitative estimate of drug-likeness (QED) is 0.255. The fraction of sp³-hybridized carbons (Fsp3) is 1.00. The molecule has 98 valence electrons. The molecular weight excluding hydrogens is 238 g/mol. The average Bonchev–Trinajstić information content (AvgIpc) is 2.38. The Kier molecular flexibility index (Phi) is 7.39. The first kappa shape index (κ1) is 16.1. The van der Waals surface area contributed by atoms with E-state index in [1.165, 1.54) is 8.05 Å². The molecule has 0 aromatic heterocycles. The van der Waals surface area contributed by atoms with Crippen molar-refractivity contribution in [3.63, 3.8) is 0 Å². The minimum Gasteiger partial charge on any atom is -0.441 e. The molecule has 0 N–H and O–H groups in total. The second kappa shape index (κ2) is 8.26. The Balaban J connectivity index is 2.84. The van der Waals surface area contributed by atoms with Crippen LogP contribution in [0, 0.1) is 0 Å². The van der Waals surface area contributed by atoms with E-state index in [1.807, 2.05) is 0 Å². The molecule has 1 fully saturated rings. The smallest absolute Gasteiger partial charge is 0.306 e. The van der Waals surface area contributed by atoms with Crippen molar-refractivity contribution < 1.29 is 33.0 Å². The van der Waals surface area contributed by atoms with Crippen molar-refractivity contribution >= 4 is 40.2 Å². The summed E-state index contributed by atoms with van der Waals surface area (Å²) in [5.74, 6) is 0. The van der Waals surface area contributed by atoms with Gasteiger partial charge in [-0.3, -0.25) is 0 Å². The molecule has 0 amide bonds. The van der Waals surface area contributed by atoms with Gasteiger partial charge in [-0.1, -0.05) is 0 Å². The predicted octanol–water partition coefficient (Wildman–Crippen LogP) is -5.43. The van der Waals surface area contributed by atoms with Crippen LogP contribution in [0.5, 0.6) is 0 Å². The van der Waals surface area contributed by atoms with Crippen LogP contribution in [0.2, 0.25) is 0 Å². The van der Waals surface area contributed by atoms with Gasteiger partial charge in [0.1, 0.15) is 12.2 Å². The number of ether oxygens (including phenoxy) is 1. The Morgan fingerprint density at radius 2 is 1.44 bits per heavy atom. The molecule has 1 rings (SSSR count). The van der Waals surface area contributed by atoms with E-state index in [9.17, 15) is 0 Å². The minimum atomic E-state index is -0.698. The molecular formula is C6H17B5O7. The third kappa shape index (κ3) is 3.54. The van der Waals surface area contributed by atoms with E-state index in [-0.39, 0.29) is 18.3 Å². The molecule has 1 aliphatic heterocycles. The molecule has 12 heteroatoms. The third-order valence-electron chi connectivity index (χ3n) is 2.93. The van der Waals surface area contributed by atoms with Crippen molar-refractivity contribution in [3.05, 3.63) is 0 Å². The standard InChI is InChI=1S/C6H17B5O7/c7-12-1-2-3(14-8)4(15-9)5(16-10)6(13-2)17-18-11/h2-6H,1,7-11H2. The summed E-state index contributed by atoms with van der Waals surface area (Å²) in [5.41, 5.74) is 0. The lowest BCUT2D eigenvalue weighted by Crippen LogP contribution is -2.61. The number of rotatable bonds is 7. The van der Waals surface area contributed by atoms with Crippen molar-refractivity contribution in [1.82, 2.24) is 0 Å². The fourth-order valence-electron chi connectivity index (χ4n) is 2.15. The number of hydrogen-bond donors (Lipinski definition) is 0. The Morgan fingerprint density at radius 1 is 0.833 bits per heavy atom. The summed E-state index contributed by atoms with van der Waals surface area (Å²) in [7, 11) is 7.72. The maximum atomic E-state index is 5.70. The van der Waals surface area contributed by atoms with Crippen LogP contribution in [0.4, 0.5) is 0 Å². The van der Waals surface area contributed by atoms with E-state index in [0.29, 0.717) is 6.61 Å². The van der Waals surface area contributed by atoms with Crippen LogP contribution < -0.4 is 0 Å². The van der Waals surface area contributed by atoms with Gasteiger partial charge in [0.05, 0.1) is 18.8 Å². The second-order valence-electron chi connectivity index (χ2n) is 3.86. The molecule has 1 aliphatic rings. The van der Waals surface area contributed by atoms with Gasteiger partial charge < -0.3 is 28.2 Å². The van der Waals surface area contributed by atoms with Crippen LogP contribution in [-0.2, 0) is 33.0 Å². The van der Waals surface area contributed by atoms with Crippen LogP contribution >= 0.6 is 0 Å². The monoisotopic (exact) mass is 256 g/mol. The maximum Gasteiger partial charge on any atom is 0.306 e. The van der Waals surface area contributed by atoms with Crippen LogP contribution in [0.25, 0.3) is 0 Å². The highest BCUT2D eigenvalue weighted by Gasteiger charge is 2.46. The van der Waals surface area contributed by atoms with Crippen molar-refractivity contribution in [1.29, 1.82) is 0 Å². The van der Waals surface area contributed by atoms with Crippen LogP contribution in [0.1, 0.15) is 0 Å². The Labute approximate surface area is 111 Å². The Morgan fingerprint density at radius 3 is 1.89 bits per heavy atom. The lowest BCUT2D eigenvalue weighted by atomic mass is 9.97. The first-order valence-corrected chi connectivity index (χ1v) is 5.65. The molecule has 0 spiro atoms. The van der Waals surface area contributed by atoms with Crippen LogP contribution in [0.3, 0.4) is 0 Å². The Hall–Kier alpha value is 0.0447. The highest BCUT2D eigenvalue weighted by atomic mass is 17.2. The zero-order chi connectivity index (χ0) is 13.5. The van der Waals surface area contributed by atoms with Crippen molar-refractivity contribution in [3.8, 4) is 0 Å². The van der Waals surface area contributed by atoms with Gasteiger partial charge in [0.15, 0.2) is 0 Å². The normalized spacial score (nSPS) is 36.6. The molecule has 0 bridgehead atoms. The van der Waals surface area contributed by atoms with E-state index in [4.69, 9.17) is 28.2 Å². The van der Waals surface area contributed by atoms with Crippen molar-refractivity contribution in [2.45, 2.75) is 30.7 Å². The lowest BCUT2D eigenvalue weighted by molar-refractivity contribution is -0.379. The zero-order valence-corrected chi connectivity index (χ0v) is 11.5. The van der Waals surface area contributed by atoms with Gasteiger partial charge in [0, 0.05) is 0 Å². The van der Waals surface area contributed by atoms with Crippen molar-refractivity contribution in [2.24, 2.45) is 0 Å². The second-order valence-corrected chi connectivity index (χ2v) is 3.86. The first-order chi connectivity index (χ1) is 8.73. The van der Waals surface area contributed by atoms with Gasteiger partial charge in [0.2, 0.25) is 6.29 Å². The van der Waals surface area contributed by atoms with Gasteiger partial charge in [-0.2, -0.15) is 0 Å². The van der Waals surface area contributed by atoms with Crippen LogP contribution in [0.15, 0.2) is 0 Å². The van der Waals surface area contributed by atoms with Gasteiger partial charge in [-0.25, -0.2) is 4.89 Å².